The van der Waals surface area contributed by atoms with Crippen LogP contribution in [0.4, 0.5) is 0 Å². The molecule has 0 saturated carbocycles. The fourth-order valence-corrected chi connectivity index (χ4v) is 3.24. The maximum Gasteiger partial charge on any atom is 0.0300 e. The van der Waals surface area contributed by atoms with Gasteiger partial charge in [-0.25, -0.2) is 0 Å². The molecule has 0 heterocycles. The van der Waals surface area contributed by atoms with E-state index < -0.39 is 0 Å². The Kier molecular flexibility index (Phi) is 5.87. The molecule has 2 atom stereocenters. The highest BCUT2D eigenvalue weighted by Crippen LogP contribution is 2.31. The van der Waals surface area contributed by atoms with E-state index in [0.717, 1.165) is 0 Å². The Bertz CT molecular complexity index is 341. The Morgan fingerprint density at radius 2 is 2.06 bits per heavy atom. The maximum absolute atomic E-state index is 3.65. The van der Waals surface area contributed by atoms with Crippen LogP contribution >= 0.6 is 27.7 Å². The summed E-state index contributed by atoms with van der Waals surface area (Å²) in [5.74, 6) is 0. The minimum atomic E-state index is 0.386. The first-order valence-corrected chi connectivity index (χ1v) is 7.39. The fraction of sp³-hybridized carbons (Fsp3) is 0.538. The Labute approximate surface area is 112 Å². The van der Waals surface area contributed by atoms with Gasteiger partial charge in [0.1, 0.15) is 0 Å². The van der Waals surface area contributed by atoms with Gasteiger partial charge in [-0.1, -0.05) is 35.8 Å². The number of halogens is 1. The van der Waals surface area contributed by atoms with E-state index in [9.17, 15) is 0 Å². The quantitative estimate of drug-likeness (QED) is 0.797. The van der Waals surface area contributed by atoms with Crippen LogP contribution in [0.3, 0.4) is 0 Å². The zero-order valence-electron chi connectivity index (χ0n) is 10.4. The van der Waals surface area contributed by atoms with Crippen molar-refractivity contribution in [1.29, 1.82) is 0 Å². The number of benzene rings is 1. The van der Waals surface area contributed by atoms with Crippen LogP contribution in [0, 0.1) is 0 Å². The normalized spacial score (nSPS) is 14.8. The van der Waals surface area contributed by atoms with E-state index >= 15 is 0 Å². The van der Waals surface area contributed by atoms with Crippen LogP contribution in [0.1, 0.15) is 38.8 Å². The summed E-state index contributed by atoms with van der Waals surface area (Å²) in [5, 5.41) is 3.94. The van der Waals surface area contributed by atoms with Crippen LogP contribution in [0.25, 0.3) is 0 Å². The maximum atomic E-state index is 3.65. The van der Waals surface area contributed by atoms with Gasteiger partial charge in [0.25, 0.3) is 0 Å². The lowest BCUT2D eigenvalue weighted by Gasteiger charge is -2.15. The van der Waals surface area contributed by atoms with Gasteiger partial charge in [0, 0.05) is 20.7 Å². The van der Waals surface area contributed by atoms with Crippen molar-refractivity contribution in [1.82, 2.24) is 5.32 Å². The van der Waals surface area contributed by atoms with Gasteiger partial charge >= 0.3 is 0 Å². The molecule has 0 aliphatic carbocycles. The topological polar surface area (TPSA) is 12.0 Å². The first kappa shape index (κ1) is 14.1. The molecule has 0 amide bonds. The van der Waals surface area contributed by atoms with Crippen molar-refractivity contribution in [2.45, 2.75) is 43.4 Å². The predicted molar refractivity (Wildman–Crippen MR) is 77.2 cm³/mol. The number of thioether (sulfide) groups is 1. The van der Waals surface area contributed by atoms with E-state index in [1.807, 2.05) is 18.8 Å². The van der Waals surface area contributed by atoms with Crippen molar-refractivity contribution >= 4 is 27.7 Å². The van der Waals surface area contributed by atoms with Crippen molar-refractivity contribution in [3.05, 3.63) is 28.2 Å². The van der Waals surface area contributed by atoms with Crippen LogP contribution < -0.4 is 5.32 Å². The first-order valence-electron chi connectivity index (χ1n) is 5.71. The van der Waals surface area contributed by atoms with Crippen LogP contribution in [0.15, 0.2) is 27.6 Å². The number of nitrogens with one attached hydrogen (secondary N) is 1. The van der Waals surface area contributed by atoms with Crippen molar-refractivity contribution < 1.29 is 0 Å². The standard InChI is InChI=1S/C13H20BrNS/c1-5-9(2)16-11-6-7-12(10(3)15-4)13(14)8-11/h6-10,15H,5H2,1-4H3. The largest absolute Gasteiger partial charge is 0.313 e. The highest BCUT2D eigenvalue weighted by atomic mass is 79.9. The number of hydrogen-bond acceptors (Lipinski definition) is 2. The van der Waals surface area contributed by atoms with Crippen LogP contribution in [-0.4, -0.2) is 12.3 Å². The Morgan fingerprint density at radius 1 is 1.38 bits per heavy atom. The summed E-state index contributed by atoms with van der Waals surface area (Å²) in [6.07, 6.45) is 1.21. The zero-order valence-corrected chi connectivity index (χ0v) is 12.8. The minimum Gasteiger partial charge on any atom is -0.313 e. The average Bonchev–Trinajstić information content (AvgIpc) is 2.28. The molecule has 0 aliphatic heterocycles. The molecule has 2 unspecified atom stereocenters. The molecule has 1 aromatic rings. The van der Waals surface area contributed by atoms with E-state index in [4.69, 9.17) is 0 Å². The Hall–Kier alpha value is 0.01000. The smallest absolute Gasteiger partial charge is 0.0300 e. The Balaban J connectivity index is 2.82. The van der Waals surface area contributed by atoms with Gasteiger partial charge in [-0.2, -0.15) is 0 Å². The lowest BCUT2D eigenvalue weighted by atomic mass is 10.1. The third-order valence-electron chi connectivity index (χ3n) is 2.78. The van der Waals surface area contributed by atoms with E-state index in [1.165, 1.54) is 21.4 Å². The minimum absolute atomic E-state index is 0.386. The average molecular weight is 302 g/mol. The molecule has 16 heavy (non-hydrogen) atoms. The first-order chi connectivity index (χ1) is 7.58. The molecule has 3 heteroatoms. The highest BCUT2D eigenvalue weighted by molar-refractivity contribution is 9.10. The SMILES string of the molecule is CCC(C)Sc1ccc(C(C)NC)c(Br)c1. The summed E-state index contributed by atoms with van der Waals surface area (Å²) in [6.45, 7) is 6.66. The Morgan fingerprint density at radius 3 is 2.56 bits per heavy atom. The van der Waals surface area contributed by atoms with E-state index in [1.54, 1.807) is 0 Å². The van der Waals surface area contributed by atoms with Crippen molar-refractivity contribution in [3.63, 3.8) is 0 Å². The molecule has 0 radical (unpaired) electrons. The van der Waals surface area contributed by atoms with Crippen molar-refractivity contribution in [3.8, 4) is 0 Å². The van der Waals surface area contributed by atoms with Gasteiger partial charge in [-0.15, -0.1) is 11.8 Å². The second-order valence-electron chi connectivity index (χ2n) is 4.03. The monoisotopic (exact) mass is 301 g/mol. The van der Waals surface area contributed by atoms with Crippen LogP contribution in [-0.2, 0) is 0 Å². The summed E-state index contributed by atoms with van der Waals surface area (Å²) in [5.41, 5.74) is 1.32. The molecule has 1 nitrogen and oxygen atoms in total. The molecule has 0 aromatic heterocycles. The second kappa shape index (κ2) is 6.67. The van der Waals surface area contributed by atoms with E-state index in [-0.39, 0.29) is 0 Å². The molecular formula is C13H20BrNS. The lowest BCUT2D eigenvalue weighted by Crippen LogP contribution is -2.12. The molecular weight excluding hydrogens is 282 g/mol. The molecule has 90 valence electrons. The fourth-order valence-electron chi connectivity index (χ4n) is 1.40. The number of hydrogen-bond donors (Lipinski definition) is 1. The molecule has 0 aliphatic rings. The second-order valence-corrected chi connectivity index (χ2v) is 6.40. The summed E-state index contributed by atoms with van der Waals surface area (Å²) >= 11 is 5.58. The molecule has 0 bridgehead atoms. The third-order valence-corrected chi connectivity index (χ3v) is 4.73. The zero-order chi connectivity index (χ0) is 12.1. The highest BCUT2D eigenvalue weighted by Gasteiger charge is 2.09. The van der Waals surface area contributed by atoms with Gasteiger partial charge < -0.3 is 5.32 Å². The molecule has 0 saturated heterocycles. The third kappa shape index (κ3) is 3.79. The van der Waals surface area contributed by atoms with Crippen LogP contribution in [0.2, 0.25) is 0 Å². The van der Waals surface area contributed by atoms with Gasteiger partial charge in [-0.3, -0.25) is 0 Å². The summed E-state index contributed by atoms with van der Waals surface area (Å²) < 4.78 is 1.20. The summed E-state index contributed by atoms with van der Waals surface area (Å²) in [7, 11) is 1.99. The number of rotatable bonds is 5. The summed E-state index contributed by atoms with van der Waals surface area (Å²) in [6, 6.07) is 7.03. The molecule has 1 aromatic carbocycles. The van der Waals surface area contributed by atoms with Crippen molar-refractivity contribution in [2.75, 3.05) is 7.05 Å². The van der Waals surface area contributed by atoms with Gasteiger partial charge in [0.2, 0.25) is 0 Å². The van der Waals surface area contributed by atoms with Crippen LogP contribution in [0.5, 0.6) is 0 Å². The molecule has 1 N–H and O–H groups in total. The lowest BCUT2D eigenvalue weighted by molar-refractivity contribution is 0.649. The predicted octanol–water partition coefficient (Wildman–Crippen LogP) is 4.62. The van der Waals surface area contributed by atoms with E-state index in [0.29, 0.717) is 11.3 Å². The van der Waals surface area contributed by atoms with Gasteiger partial charge in [-0.05, 0) is 38.1 Å². The molecule has 0 fully saturated rings. The molecule has 1 rings (SSSR count). The van der Waals surface area contributed by atoms with Gasteiger partial charge in [0.15, 0.2) is 0 Å². The summed E-state index contributed by atoms with van der Waals surface area (Å²) in [4.78, 5) is 1.34. The van der Waals surface area contributed by atoms with Crippen molar-refractivity contribution in [2.24, 2.45) is 0 Å². The van der Waals surface area contributed by atoms with E-state index in [2.05, 4.69) is 60.2 Å². The van der Waals surface area contributed by atoms with Gasteiger partial charge in [0.05, 0.1) is 0 Å². The molecule has 0 spiro atoms.